The molecule has 0 fully saturated rings. The summed E-state index contributed by atoms with van der Waals surface area (Å²) in [6, 6.07) is 21.8. The molecule has 0 aliphatic carbocycles. The van der Waals surface area contributed by atoms with E-state index in [4.69, 9.17) is 4.74 Å². The van der Waals surface area contributed by atoms with Gasteiger partial charge in [0.15, 0.2) is 0 Å². The zero-order valence-electron chi connectivity index (χ0n) is 16.7. The first-order valence-corrected chi connectivity index (χ1v) is 9.40. The molecule has 5 heteroatoms. The summed E-state index contributed by atoms with van der Waals surface area (Å²) in [7, 11) is 1.55. The number of benzene rings is 3. The molecule has 148 valence electrons. The third-order valence-corrected chi connectivity index (χ3v) is 4.64. The van der Waals surface area contributed by atoms with Gasteiger partial charge in [0, 0.05) is 11.1 Å². The van der Waals surface area contributed by atoms with E-state index in [1.54, 1.807) is 37.4 Å². The summed E-state index contributed by atoms with van der Waals surface area (Å²) >= 11 is 0. The monoisotopic (exact) mass is 388 g/mol. The third-order valence-electron chi connectivity index (χ3n) is 4.64. The molecule has 29 heavy (non-hydrogen) atoms. The van der Waals surface area contributed by atoms with E-state index in [0.717, 1.165) is 11.1 Å². The molecule has 0 aromatic heterocycles. The van der Waals surface area contributed by atoms with E-state index in [2.05, 4.69) is 10.6 Å². The highest BCUT2D eigenvalue weighted by atomic mass is 16.5. The van der Waals surface area contributed by atoms with Crippen molar-refractivity contribution < 1.29 is 14.3 Å². The van der Waals surface area contributed by atoms with Crippen LogP contribution < -0.4 is 15.4 Å². The van der Waals surface area contributed by atoms with Crippen LogP contribution in [-0.4, -0.2) is 18.9 Å². The van der Waals surface area contributed by atoms with Crippen LogP contribution in [0.25, 0.3) is 0 Å². The molecule has 3 rings (SSSR count). The summed E-state index contributed by atoms with van der Waals surface area (Å²) in [5.74, 6) is 0.0401. The van der Waals surface area contributed by atoms with Gasteiger partial charge in [-0.05, 0) is 55.3 Å². The lowest BCUT2D eigenvalue weighted by atomic mass is 10.1. The van der Waals surface area contributed by atoms with Crippen molar-refractivity contribution in [3.8, 4) is 5.75 Å². The van der Waals surface area contributed by atoms with Crippen molar-refractivity contribution in [3.05, 3.63) is 95.1 Å². The molecule has 0 bridgehead atoms. The Labute approximate surface area is 170 Å². The SMILES string of the molecule is COc1ccc(C)cc1NC(=O)c1cccc(C(=O)NC(C)c2ccccc2)c1. The molecule has 0 aliphatic heterocycles. The zero-order chi connectivity index (χ0) is 20.8. The Kier molecular flexibility index (Phi) is 6.29. The molecular weight excluding hydrogens is 364 g/mol. The van der Waals surface area contributed by atoms with Crippen molar-refractivity contribution in [1.29, 1.82) is 0 Å². The number of amides is 2. The second-order valence-corrected chi connectivity index (χ2v) is 6.84. The van der Waals surface area contributed by atoms with Crippen LogP contribution in [0, 0.1) is 6.92 Å². The lowest BCUT2D eigenvalue weighted by Crippen LogP contribution is -2.27. The maximum absolute atomic E-state index is 12.7. The van der Waals surface area contributed by atoms with E-state index in [-0.39, 0.29) is 17.9 Å². The Morgan fingerprint density at radius 2 is 1.55 bits per heavy atom. The first-order valence-electron chi connectivity index (χ1n) is 9.40. The summed E-state index contributed by atoms with van der Waals surface area (Å²) in [5.41, 5.74) is 3.43. The predicted molar refractivity (Wildman–Crippen MR) is 114 cm³/mol. The molecule has 0 spiro atoms. The summed E-state index contributed by atoms with van der Waals surface area (Å²) in [4.78, 5) is 25.4. The Morgan fingerprint density at radius 3 is 2.24 bits per heavy atom. The first kappa shape index (κ1) is 20.1. The molecule has 3 aromatic rings. The predicted octanol–water partition coefficient (Wildman–Crippen LogP) is 4.75. The van der Waals surface area contributed by atoms with Gasteiger partial charge >= 0.3 is 0 Å². The number of carbonyl (C=O) groups excluding carboxylic acids is 2. The van der Waals surface area contributed by atoms with Gasteiger partial charge in [-0.3, -0.25) is 9.59 Å². The molecule has 0 saturated carbocycles. The van der Waals surface area contributed by atoms with Crippen molar-refractivity contribution in [2.75, 3.05) is 12.4 Å². The minimum Gasteiger partial charge on any atom is -0.495 e. The lowest BCUT2D eigenvalue weighted by molar-refractivity contribution is 0.0940. The fourth-order valence-electron chi connectivity index (χ4n) is 3.02. The fourth-order valence-corrected chi connectivity index (χ4v) is 3.02. The molecule has 1 unspecified atom stereocenters. The normalized spacial score (nSPS) is 11.4. The Bertz CT molecular complexity index is 1020. The standard InChI is InChI=1S/C24H24N2O3/c1-16-12-13-22(29-3)21(14-16)26-24(28)20-11-7-10-19(15-20)23(27)25-17(2)18-8-5-4-6-9-18/h4-15,17H,1-3H3,(H,25,27)(H,26,28). The molecule has 5 nitrogen and oxygen atoms in total. The third kappa shape index (κ3) is 5.02. The first-order chi connectivity index (χ1) is 14.0. The summed E-state index contributed by atoms with van der Waals surface area (Å²) in [6.45, 7) is 3.86. The Hall–Kier alpha value is -3.60. The van der Waals surface area contributed by atoms with Gasteiger partial charge in [0.2, 0.25) is 0 Å². The second-order valence-electron chi connectivity index (χ2n) is 6.84. The summed E-state index contributed by atoms with van der Waals surface area (Å²) in [5, 5.41) is 5.82. The highest BCUT2D eigenvalue weighted by Gasteiger charge is 2.15. The van der Waals surface area contributed by atoms with Crippen LogP contribution in [0.15, 0.2) is 72.8 Å². The molecule has 0 aliphatic rings. The minimum absolute atomic E-state index is 0.141. The van der Waals surface area contributed by atoms with E-state index in [1.165, 1.54) is 0 Å². The van der Waals surface area contributed by atoms with Gasteiger partial charge in [-0.25, -0.2) is 0 Å². The molecular formula is C24H24N2O3. The number of rotatable bonds is 6. The van der Waals surface area contributed by atoms with Crippen LogP contribution >= 0.6 is 0 Å². The molecule has 0 saturated heterocycles. The molecule has 0 heterocycles. The number of hydrogen-bond acceptors (Lipinski definition) is 3. The number of carbonyl (C=O) groups is 2. The molecule has 2 N–H and O–H groups in total. The van der Waals surface area contributed by atoms with Crippen molar-refractivity contribution in [2.45, 2.75) is 19.9 Å². The van der Waals surface area contributed by atoms with Crippen LogP contribution in [-0.2, 0) is 0 Å². The van der Waals surface area contributed by atoms with E-state index in [0.29, 0.717) is 22.6 Å². The van der Waals surface area contributed by atoms with E-state index >= 15 is 0 Å². The van der Waals surface area contributed by atoms with Gasteiger partial charge in [0.05, 0.1) is 18.8 Å². The summed E-state index contributed by atoms with van der Waals surface area (Å²) in [6.07, 6.45) is 0. The Balaban J connectivity index is 1.74. The second kappa shape index (κ2) is 9.06. The van der Waals surface area contributed by atoms with Gasteiger partial charge in [-0.2, -0.15) is 0 Å². The topological polar surface area (TPSA) is 67.4 Å². The average molecular weight is 388 g/mol. The van der Waals surface area contributed by atoms with Gasteiger partial charge in [0.1, 0.15) is 5.75 Å². The minimum atomic E-state index is -0.306. The van der Waals surface area contributed by atoms with Crippen molar-refractivity contribution in [3.63, 3.8) is 0 Å². The van der Waals surface area contributed by atoms with Gasteiger partial charge in [-0.15, -0.1) is 0 Å². The lowest BCUT2D eigenvalue weighted by Gasteiger charge is -2.15. The Morgan fingerprint density at radius 1 is 0.862 bits per heavy atom. The van der Waals surface area contributed by atoms with E-state index < -0.39 is 0 Å². The van der Waals surface area contributed by atoms with Gasteiger partial charge in [-0.1, -0.05) is 42.5 Å². The van der Waals surface area contributed by atoms with Gasteiger partial charge in [0.25, 0.3) is 11.8 Å². The molecule has 3 aromatic carbocycles. The maximum Gasteiger partial charge on any atom is 0.255 e. The molecule has 0 radical (unpaired) electrons. The molecule has 1 atom stereocenters. The molecule has 2 amide bonds. The number of ether oxygens (including phenoxy) is 1. The maximum atomic E-state index is 12.7. The number of aryl methyl sites for hydroxylation is 1. The van der Waals surface area contributed by atoms with Crippen molar-refractivity contribution in [2.24, 2.45) is 0 Å². The van der Waals surface area contributed by atoms with E-state index in [9.17, 15) is 9.59 Å². The van der Waals surface area contributed by atoms with Crippen LogP contribution in [0.4, 0.5) is 5.69 Å². The van der Waals surface area contributed by atoms with Crippen LogP contribution in [0.3, 0.4) is 0 Å². The highest BCUT2D eigenvalue weighted by Crippen LogP contribution is 2.26. The average Bonchev–Trinajstić information content (AvgIpc) is 2.74. The zero-order valence-corrected chi connectivity index (χ0v) is 16.7. The van der Waals surface area contributed by atoms with Crippen molar-refractivity contribution >= 4 is 17.5 Å². The summed E-state index contributed by atoms with van der Waals surface area (Å²) < 4.78 is 5.31. The smallest absolute Gasteiger partial charge is 0.255 e. The number of methoxy groups -OCH3 is 1. The number of anilines is 1. The van der Waals surface area contributed by atoms with E-state index in [1.807, 2.05) is 56.3 Å². The quantitative estimate of drug-likeness (QED) is 0.640. The highest BCUT2D eigenvalue weighted by molar-refractivity contribution is 6.06. The van der Waals surface area contributed by atoms with Crippen LogP contribution in [0.5, 0.6) is 5.75 Å². The largest absolute Gasteiger partial charge is 0.495 e. The fraction of sp³-hybridized carbons (Fsp3) is 0.167. The van der Waals surface area contributed by atoms with Crippen LogP contribution in [0.1, 0.15) is 44.8 Å². The van der Waals surface area contributed by atoms with Crippen LogP contribution in [0.2, 0.25) is 0 Å². The number of nitrogens with one attached hydrogen (secondary N) is 2. The number of hydrogen-bond donors (Lipinski definition) is 2. The van der Waals surface area contributed by atoms with Gasteiger partial charge < -0.3 is 15.4 Å². The van der Waals surface area contributed by atoms with Crippen molar-refractivity contribution in [1.82, 2.24) is 5.32 Å².